The third-order valence-electron chi connectivity index (χ3n) is 3.69. The molecule has 1 aromatic carbocycles. The average Bonchev–Trinajstić information content (AvgIpc) is 2.58. The number of nitrogens with one attached hydrogen (secondary N) is 1. The average molecular weight is 345 g/mol. The normalized spacial score (nSPS) is 15.2. The number of halogens is 3. The van der Waals surface area contributed by atoms with Crippen LogP contribution >= 0.6 is 0 Å². The molecule has 0 aliphatic carbocycles. The molecule has 1 heterocycles. The van der Waals surface area contributed by atoms with E-state index in [1.165, 1.54) is 24.1 Å². The lowest BCUT2D eigenvalue weighted by Crippen LogP contribution is -2.49. The number of amides is 2. The Morgan fingerprint density at radius 2 is 1.79 bits per heavy atom. The molecule has 0 atom stereocenters. The number of para-hydroxylation sites is 1. The number of hydrogen-bond acceptors (Lipinski definition) is 4. The predicted molar refractivity (Wildman–Crippen MR) is 80.6 cm³/mol. The smallest absolute Gasteiger partial charge is 0.418 e. The van der Waals surface area contributed by atoms with Crippen LogP contribution in [0.5, 0.6) is 0 Å². The highest BCUT2D eigenvalue weighted by molar-refractivity contribution is 5.79. The van der Waals surface area contributed by atoms with Gasteiger partial charge in [-0.1, -0.05) is 12.1 Å². The van der Waals surface area contributed by atoms with Gasteiger partial charge in [-0.15, -0.1) is 0 Å². The molecule has 2 amide bonds. The van der Waals surface area contributed by atoms with Gasteiger partial charge < -0.3 is 19.9 Å². The molecule has 2 rings (SSSR count). The molecular weight excluding hydrogens is 327 g/mol. The van der Waals surface area contributed by atoms with Gasteiger partial charge in [-0.05, 0) is 12.1 Å². The van der Waals surface area contributed by atoms with Gasteiger partial charge in [0.1, 0.15) is 0 Å². The summed E-state index contributed by atoms with van der Waals surface area (Å²) in [5.74, 6) is -0.430. The number of carbonyl (C=O) groups excluding carboxylic acids is 2. The summed E-state index contributed by atoms with van der Waals surface area (Å²) in [6.45, 7) is 0.564. The number of rotatable bonds is 3. The number of benzene rings is 1. The van der Waals surface area contributed by atoms with Crippen molar-refractivity contribution in [2.24, 2.45) is 0 Å². The summed E-state index contributed by atoms with van der Waals surface area (Å²) in [4.78, 5) is 25.8. The van der Waals surface area contributed by atoms with E-state index in [0.717, 1.165) is 6.07 Å². The Bertz CT molecular complexity index is 599. The summed E-state index contributed by atoms with van der Waals surface area (Å²) in [5, 5.41) is 2.32. The van der Waals surface area contributed by atoms with Gasteiger partial charge in [0.05, 0.1) is 5.56 Å². The number of likely N-dealkylation sites (N-methyl/N-ethyl adjacent to an activating group) is 1. The van der Waals surface area contributed by atoms with E-state index in [1.54, 1.807) is 11.0 Å². The summed E-state index contributed by atoms with van der Waals surface area (Å²) in [5.41, 5.74) is -0.593. The highest BCUT2D eigenvalue weighted by Crippen LogP contribution is 2.36. The first-order valence-corrected chi connectivity index (χ1v) is 7.36. The van der Waals surface area contributed by atoms with Crippen LogP contribution in [0.2, 0.25) is 0 Å². The fourth-order valence-corrected chi connectivity index (χ4v) is 2.41. The van der Waals surface area contributed by atoms with E-state index in [2.05, 4.69) is 5.32 Å². The van der Waals surface area contributed by atoms with Crippen LogP contribution in [-0.4, -0.2) is 56.7 Å². The molecule has 1 aliphatic heterocycles. The lowest BCUT2D eigenvalue weighted by molar-refractivity contribution is -0.137. The number of hydrogen-bond donors (Lipinski definition) is 1. The maximum Gasteiger partial charge on any atom is 0.418 e. The second-order valence-corrected chi connectivity index (χ2v) is 5.22. The number of anilines is 1. The third-order valence-corrected chi connectivity index (χ3v) is 3.69. The molecule has 0 bridgehead atoms. The van der Waals surface area contributed by atoms with Gasteiger partial charge in [0.25, 0.3) is 5.91 Å². The Morgan fingerprint density at radius 1 is 1.17 bits per heavy atom. The summed E-state index contributed by atoms with van der Waals surface area (Å²) in [7, 11) is 1.42. The second-order valence-electron chi connectivity index (χ2n) is 5.22. The SMILES string of the molecule is CNC(=O)COC(=O)N1CCN(c2ccccc2C(F)(F)F)CC1. The van der Waals surface area contributed by atoms with Crippen LogP contribution in [0.25, 0.3) is 0 Å². The molecule has 0 radical (unpaired) electrons. The molecule has 0 aromatic heterocycles. The van der Waals surface area contributed by atoms with Crippen LogP contribution < -0.4 is 10.2 Å². The minimum atomic E-state index is -4.43. The summed E-state index contributed by atoms with van der Waals surface area (Å²) in [6, 6.07) is 5.36. The molecule has 0 unspecified atom stereocenters. The molecular formula is C15H18F3N3O3. The first-order chi connectivity index (χ1) is 11.3. The van der Waals surface area contributed by atoms with Gasteiger partial charge in [-0.2, -0.15) is 13.2 Å². The van der Waals surface area contributed by atoms with Gasteiger partial charge in [0, 0.05) is 38.9 Å². The summed E-state index contributed by atoms with van der Waals surface area (Å²) >= 11 is 0. The lowest BCUT2D eigenvalue weighted by atomic mass is 10.1. The fourth-order valence-electron chi connectivity index (χ4n) is 2.41. The zero-order valence-corrected chi connectivity index (χ0v) is 13.1. The van der Waals surface area contributed by atoms with E-state index in [-0.39, 0.29) is 38.5 Å². The Kier molecular flexibility index (Phi) is 5.53. The minimum absolute atomic E-state index is 0.100. The first kappa shape index (κ1) is 17.9. The van der Waals surface area contributed by atoms with E-state index in [0.29, 0.717) is 0 Å². The van der Waals surface area contributed by atoms with Crippen molar-refractivity contribution >= 4 is 17.7 Å². The van der Waals surface area contributed by atoms with Gasteiger partial charge >= 0.3 is 12.3 Å². The second kappa shape index (κ2) is 7.41. The molecule has 9 heteroatoms. The Labute approximate surface area is 137 Å². The maximum atomic E-state index is 13.1. The van der Waals surface area contributed by atoms with E-state index < -0.39 is 23.7 Å². The molecule has 6 nitrogen and oxygen atoms in total. The highest BCUT2D eigenvalue weighted by atomic mass is 19.4. The standard InChI is InChI=1S/C15H18F3N3O3/c1-19-13(22)10-24-14(23)21-8-6-20(7-9-21)12-5-3-2-4-11(12)15(16,17)18/h2-5H,6-10H2,1H3,(H,19,22). The van der Waals surface area contributed by atoms with Crippen molar-refractivity contribution in [2.45, 2.75) is 6.18 Å². The molecule has 1 saturated heterocycles. The number of carbonyl (C=O) groups is 2. The molecule has 132 valence electrons. The Morgan fingerprint density at radius 3 is 2.38 bits per heavy atom. The predicted octanol–water partition coefficient (Wildman–Crippen LogP) is 1.71. The van der Waals surface area contributed by atoms with E-state index >= 15 is 0 Å². The summed E-state index contributed by atoms with van der Waals surface area (Å²) in [6.07, 6.45) is -5.08. The molecule has 1 aliphatic rings. The van der Waals surface area contributed by atoms with Crippen LogP contribution in [0, 0.1) is 0 Å². The topological polar surface area (TPSA) is 61.9 Å². The van der Waals surface area contributed by atoms with Crippen molar-refractivity contribution in [3.05, 3.63) is 29.8 Å². The third kappa shape index (κ3) is 4.30. The monoisotopic (exact) mass is 345 g/mol. The first-order valence-electron chi connectivity index (χ1n) is 7.36. The number of nitrogens with zero attached hydrogens (tertiary/aromatic N) is 2. The van der Waals surface area contributed by atoms with E-state index in [9.17, 15) is 22.8 Å². The largest absolute Gasteiger partial charge is 0.439 e. The fraction of sp³-hybridized carbons (Fsp3) is 0.467. The Balaban J connectivity index is 1.96. The zero-order valence-electron chi connectivity index (χ0n) is 13.1. The van der Waals surface area contributed by atoms with Gasteiger partial charge in [-0.25, -0.2) is 4.79 Å². The Hall–Kier alpha value is -2.45. The molecule has 0 saturated carbocycles. The molecule has 24 heavy (non-hydrogen) atoms. The molecule has 1 fully saturated rings. The van der Waals surface area contributed by atoms with Crippen LogP contribution in [-0.2, 0) is 15.7 Å². The maximum absolute atomic E-state index is 13.1. The van der Waals surface area contributed by atoms with Crippen molar-refractivity contribution in [2.75, 3.05) is 44.7 Å². The lowest BCUT2D eigenvalue weighted by Gasteiger charge is -2.36. The quantitative estimate of drug-likeness (QED) is 0.906. The van der Waals surface area contributed by atoms with E-state index in [1.807, 2.05) is 0 Å². The zero-order chi connectivity index (χ0) is 17.7. The van der Waals surface area contributed by atoms with Crippen molar-refractivity contribution in [1.29, 1.82) is 0 Å². The van der Waals surface area contributed by atoms with Crippen LogP contribution in [0.1, 0.15) is 5.56 Å². The van der Waals surface area contributed by atoms with Crippen LogP contribution in [0.3, 0.4) is 0 Å². The number of piperazine rings is 1. The minimum Gasteiger partial charge on any atom is -0.439 e. The van der Waals surface area contributed by atoms with Crippen molar-refractivity contribution in [1.82, 2.24) is 10.2 Å². The highest BCUT2D eigenvalue weighted by Gasteiger charge is 2.35. The van der Waals surface area contributed by atoms with Crippen LogP contribution in [0.15, 0.2) is 24.3 Å². The molecule has 0 spiro atoms. The van der Waals surface area contributed by atoms with Crippen molar-refractivity contribution in [3.8, 4) is 0 Å². The number of ether oxygens (including phenoxy) is 1. The molecule has 1 N–H and O–H groups in total. The summed E-state index contributed by atoms with van der Waals surface area (Å²) < 4.78 is 44.0. The van der Waals surface area contributed by atoms with E-state index in [4.69, 9.17) is 4.74 Å². The van der Waals surface area contributed by atoms with Gasteiger partial charge in [-0.3, -0.25) is 4.79 Å². The van der Waals surface area contributed by atoms with Crippen LogP contribution in [0.4, 0.5) is 23.7 Å². The van der Waals surface area contributed by atoms with Gasteiger partial charge in [0.2, 0.25) is 0 Å². The van der Waals surface area contributed by atoms with Gasteiger partial charge in [0.15, 0.2) is 6.61 Å². The van der Waals surface area contributed by atoms with Crippen molar-refractivity contribution < 1.29 is 27.5 Å². The molecule has 1 aromatic rings. The number of alkyl halides is 3. The van der Waals surface area contributed by atoms with Crippen molar-refractivity contribution in [3.63, 3.8) is 0 Å².